The summed E-state index contributed by atoms with van der Waals surface area (Å²) in [6.07, 6.45) is 0. The van der Waals surface area contributed by atoms with Gasteiger partial charge in [-0.1, -0.05) is 45.2 Å². The van der Waals surface area contributed by atoms with Gasteiger partial charge in [-0.3, -0.25) is 0 Å². The van der Waals surface area contributed by atoms with Crippen molar-refractivity contribution in [2.75, 3.05) is 7.05 Å². The van der Waals surface area contributed by atoms with Crippen LogP contribution in [0.4, 0.5) is 8.78 Å². The van der Waals surface area contributed by atoms with Crippen LogP contribution in [-0.2, 0) is 0 Å². The fraction of sp³-hybridized carbons (Fsp3) is 0.143. The van der Waals surface area contributed by atoms with Crippen molar-refractivity contribution in [2.24, 2.45) is 0 Å². The van der Waals surface area contributed by atoms with E-state index in [1.807, 2.05) is 0 Å². The predicted octanol–water partition coefficient (Wildman–Crippen LogP) is 5.34. The zero-order valence-electron chi connectivity index (χ0n) is 10.4. The summed E-state index contributed by atoms with van der Waals surface area (Å²) in [7, 11) is 1.62. The second kappa shape index (κ2) is 6.39. The lowest BCUT2D eigenvalue weighted by Gasteiger charge is -2.19. The number of hydrogen-bond donors (Lipinski definition) is 1. The Hall–Kier alpha value is -0.680. The van der Waals surface area contributed by atoms with Gasteiger partial charge in [0.15, 0.2) is 0 Å². The molecule has 1 N–H and O–H groups in total. The van der Waals surface area contributed by atoms with E-state index in [0.29, 0.717) is 20.1 Å². The zero-order chi connectivity index (χ0) is 14.9. The molecule has 1 atom stereocenters. The Labute approximate surface area is 134 Å². The van der Waals surface area contributed by atoms with Gasteiger partial charge in [0.05, 0.1) is 16.1 Å². The molecule has 2 aromatic rings. The third-order valence-corrected chi connectivity index (χ3v) is 4.10. The third-order valence-electron chi connectivity index (χ3n) is 2.90. The van der Waals surface area contributed by atoms with Crippen molar-refractivity contribution < 1.29 is 8.78 Å². The van der Waals surface area contributed by atoms with Crippen molar-refractivity contribution in [2.45, 2.75) is 6.04 Å². The SMILES string of the molecule is CNC(c1ccc(Cl)c(Cl)c1)c1c(F)cc(Br)cc1F. The van der Waals surface area contributed by atoms with Gasteiger partial charge in [0.25, 0.3) is 0 Å². The minimum absolute atomic E-state index is 0.0610. The Kier molecular flexibility index (Phi) is 5.02. The maximum absolute atomic E-state index is 14.0. The highest BCUT2D eigenvalue weighted by Crippen LogP contribution is 2.32. The number of rotatable bonds is 3. The summed E-state index contributed by atoms with van der Waals surface area (Å²) in [4.78, 5) is 0. The molecule has 0 saturated heterocycles. The largest absolute Gasteiger partial charge is 0.309 e. The molecule has 2 aromatic carbocycles. The summed E-state index contributed by atoms with van der Waals surface area (Å²) < 4.78 is 28.4. The van der Waals surface area contributed by atoms with E-state index in [1.54, 1.807) is 25.2 Å². The summed E-state index contributed by atoms with van der Waals surface area (Å²) in [6, 6.07) is 6.65. The van der Waals surface area contributed by atoms with Crippen LogP contribution in [0, 0.1) is 11.6 Å². The van der Waals surface area contributed by atoms with Crippen LogP contribution in [0.25, 0.3) is 0 Å². The van der Waals surface area contributed by atoms with Crippen LogP contribution < -0.4 is 5.32 Å². The molecule has 106 valence electrons. The number of benzene rings is 2. The van der Waals surface area contributed by atoms with Gasteiger partial charge in [-0.05, 0) is 36.9 Å². The fourth-order valence-corrected chi connectivity index (χ4v) is 2.71. The highest BCUT2D eigenvalue weighted by atomic mass is 79.9. The molecule has 0 spiro atoms. The third kappa shape index (κ3) is 3.14. The van der Waals surface area contributed by atoms with E-state index in [4.69, 9.17) is 23.2 Å². The molecule has 0 radical (unpaired) electrons. The van der Waals surface area contributed by atoms with E-state index in [9.17, 15) is 8.78 Å². The van der Waals surface area contributed by atoms with Gasteiger partial charge in [0.2, 0.25) is 0 Å². The summed E-state index contributed by atoms with van der Waals surface area (Å²) in [5.41, 5.74) is 0.566. The standard InChI is InChI=1S/C14H10BrCl2F2N/c1-20-14(7-2-3-9(16)10(17)4-7)13-11(18)5-8(15)6-12(13)19/h2-6,14,20H,1H3. The predicted molar refractivity (Wildman–Crippen MR) is 81.4 cm³/mol. The smallest absolute Gasteiger partial charge is 0.132 e. The molecule has 20 heavy (non-hydrogen) atoms. The molecule has 0 amide bonds. The molecule has 6 heteroatoms. The monoisotopic (exact) mass is 379 g/mol. The highest BCUT2D eigenvalue weighted by Gasteiger charge is 2.22. The molecule has 0 aliphatic carbocycles. The lowest BCUT2D eigenvalue weighted by atomic mass is 9.98. The molecule has 0 heterocycles. The first-order valence-electron chi connectivity index (χ1n) is 5.70. The zero-order valence-corrected chi connectivity index (χ0v) is 13.5. The molecule has 0 aromatic heterocycles. The molecular weight excluding hydrogens is 371 g/mol. The quantitative estimate of drug-likeness (QED) is 0.757. The molecule has 0 fully saturated rings. The van der Waals surface area contributed by atoms with Gasteiger partial charge in [-0.15, -0.1) is 0 Å². The molecule has 1 nitrogen and oxygen atoms in total. The minimum atomic E-state index is -0.655. The van der Waals surface area contributed by atoms with Crippen molar-refractivity contribution in [3.63, 3.8) is 0 Å². The summed E-state index contributed by atoms with van der Waals surface area (Å²) in [6.45, 7) is 0. The maximum atomic E-state index is 14.0. The maximum Gasteiger partial charge on any atom is 0.132 e. The second-order valence-corrected chi connectivity index (χ2v) is 5.91. The lowest BCUT2D eigenvalue weighted by molar-refractivity contribution is 0.521. The first kappa shape index (κ1) is 15.7. The molecule has 0 aliphatic heterocycles. The number of halogens is 5. The van der Waals surface area contributed by atoms with Gasteiger partial charge in [0.1, 0.15) is 11.6 Å². The van der Waals surface area contributed by atoms with Gasteiger partial charge in [-0.25, -0.2) is 8.78 Å². The van der Waals surface area contributed by atoms with Crippen LogP contribution >= 0.6 is 39.1 Å². The normalized spacial score (nSPS) is 12.5. The van der Waals surface area contributed by atoms with Crippen molar-refractivity contribution in [1.82, 2.24) is 5.32 Å². The molecule has 0 bridgehead atoms. The minimum Gasteiger partial charge on any atom is -0.309 e. The van der Waals surface area contributed by atoms with Crippen LogP contribution in [0.3, 0.4) is 0 Å². The Morgan fingerprint density at radius 1 is 1.05 bits per heavy atom. The molecule has 0 aliphatic rings. The van der Waals surface area contributed by atoms with Gasteiger partial charge < -0.3 is 5.32 Å². The Balaban J connectivity index is 2.55. The highest BCUT2D eigenvalue weighted by molar-refractivity contribution is 9.10. The Bertz CT molecular complexity index is 626. The average molecular weight is 381 g/mol. The molecule has 1 unspecified atom stereocenters. The number of nitrogens with one attached hydrogen (secondary N) is 1. The van der Waals surface area contributed by atoms with Crippen LogP contribution in [0.2, 0.25) is 10.0 Å². The number of hydrogen-bond acceptors (Lipinski definition) is 1. The Morgan fingerprint density at radius 2 is 1.65 bits per heavy atom. The molecular formula is C14H10BrCl2F2N. The first-order chi connectivity index (χ1) is 9.43. The first-order valence-corrected chi connectivity index (χ1v) is 7.25. The van der Waals surface area contributed by atoms with Crippen molar-refractivity contribution in [3.05, 3.63) is 67.6 Å². The van der Waals surface area contributed by atoms with E-state index >= 15 is 0 Å². The summed E-state index contributed by atoms with van der Waals surface area (Å²) >= 11 is 14.9. The van der Waals surface area contributed by atoms with Gasteiger partial charge in [-0.2, -0.15) is 0 Å². The second-order valence-electron chi connectivity index (χ2n) is 4.18. The van der Waals surface area contributed by atoms with Gasteiger partial charge in [0, 0.05) is 10.0 Å². The fourth-order valence-electron chi connectivity index (χ4n) is 2.00. The van der Waals surface area contributed by atoms with Crippen molar-refractivity contribution >= 4 is 39.1 Å². The van der Waals surface area contributed by atoms with E-state index in [-0.39, 0.29) is 5.56 Å². The molecule has 0 saturated carbocycles. The summed E-state index contributed by atoms with van der Waals surface area (Å²) in [5, 5.41) is 3.61. The van der Waals surface area contributed by atoms with Crippen molar-refractivity contribution in [3.8, 4) is 0 Å². The van der Waals surface area contributed by atoms with E-state index in [1.165, 1.54) is 12.1 Å². The van der Waals surface area contributed by atoms with Crippen LogP contribution in [0.1, 0.15) is 17.2 Å². The van der Waals surface area contributed by atoms with Gasteiger partial charge >= 0.3 is 0 Å². The van der Waals surface area contributed by atoms with Crippen LogP contribution in [-0.4, -0.2) is 7.05 Å². The van der Waals surface area contributed by atoms with Crippen LogP contribution in [0.5, 0.6) is 0 Å². The van der Waals surface area contributed by atoms with E-state index in [2.05, 4.69) is 21.2 Å². The van der Waals surface area contributed by atoms with E-state index in [0.717, 1.165) is 0 Å². The lowest BCUT2D eigenvalue weighted by Crippen LogP contribution is -2.20. The van der Waals surface area contributed by atoms with Crippen molar-refractivity contribution in [1.29, 1.82) is 0 Å². The van der Waals surface area contributed by atoms with E-state index < -0.39 is 17.7 Å². The van der Waals surface area contributed by atoms with Crippen LogP contribution in [0.15, 0.2) is 34.8 Å². The topological polar surface area (TPSA) is 12.0 Å². The Morgan fingerprint density at radius 3 is 2.15 bits per heavy atom. The summed E-state index contributed by atoms with van der Waals surface area (Å²) in [5.74, 6) is -1.27. The molecule has 2 rings (SSSR count). The average Bonchev–Trinajstić information content (AvgIpc) is 2.37.